The van der Waals surface area contributed by atoms with Crippen LogP contribution in [0.15, 0.2) is 6.33 Å². The zero-order valence-electron chi connectivity index (χ0n) is 8.96. The molecule has 84 valence electrons. The van der Waals surface area contributed by atoms with E-state index in [2.05, 4.69) is 17.1 Å². The Hall–Kier alpha value is -0.550. The van der Waals surface area contributed by atoms with Gasteiger partial charge in [0.05, 0.1) is 0 Å². The first-order valence-corrected chi connectivity index (χ1v) is 6.50. The van der Waals surface area contributed by atoms with Gasteiger partial charge in [-0.05, 0) is 25.0 Å². The molecule has 0 radical (unpaired) electrons. The lowest BCUT2D eigenvalue weighted by Gasteiger charge is -2.13. The van der Waals surface area contributed by atoms with Crippen molar-refractivity contribution in [2.24, 2.45) is 0 Å². The fourth-order valence-corrected chi connectivity index (χ4v) is 3.37. The van der Waals surface area contributed by atoms with Crippen LogP contribution in [0.2, 0.25) is 0 Å². The average molecular weight is 227 g/mol. The highest BCUT2D eigenvalue weighted by molar-refractivity contribution is 7.99. The SMILES string of the molecule is CCSC1CCC(n2cnnc2CO)C1. The van der Waals surface area contributed by atoms with E-state index in [1.54, 1.807) is 6.33 Å². The van der Waals surface area contributed by atoms with E-state index >= 15 is 0 Å². The number of rotatable bonds is 4. The maximum atomic E-state index is 9.11. The second-order valence-corrected chi connectivity index (χ2v) is 5.43. The van der Waals surface area contributed by atoms with Gasteiger partial charge in [-0.25, -0.2) is 0 Å². The van der Waals surface area contributed by atoms with Gasteiger partial charge < -0.3 is 9.67 Å². The van der Waals surface area contributed by atoms with Crippen molar-refractivity contribution >= 4 is 11.8 Å². The highest BCUT2D eigenvalue weighted by Crippen LogP contribution is 2.37. The van der Waals surface area contributed by atoms with Crippen molar-refractivity contribution in [3.63, 3.8) is 0 Å². The molecule has 2 rings (SSSR count). The van der Waals surface area contributed by atoms with Crippen LogP contribution in [-0.2, 0) is 6.61 Å². The Morgan fingerprint density at radius 3 is 3.20 bits per heavy atom. The summed E-state index contributed by atoms with van der Waals surface area (Å²) in [5, 5.41) is 17.6. The zero-order chi connectivity index (χ0) is 10.7. The van der Waals surface area contributed by atoms with Crippen molar-refractivity contribution in [2.75, 3.05) is 5.75 Å². The molecule has 5 heteroatoms. The Morgan fingerprint density at radius 2 is 2.47 bits per heavy atom. The second-order valence-electron chi connectivity index (χ2n) is 3.86. The number of hydrogen-bond donors (Lipinski definition) is 1. The van der Waals surface area contributed by atoms with Crippen LogP contribution in [0.3, 0.4) is 0 Å². The Kier molecular flexibility index (Phi) is 3.64. The van der Waals surface area contributed by atoms with Crippen LogP contribution < -0.4 is 0 Å². The first-order chi connectivity index (χ1) is 7.35. The number of nitrogens with zero attached hydrogens (tertiary/aromatic N) is 3. The third-order valence-corrected chi connectivity index (χ3v) is 4.17. The molecular formula is C10H17N3OS. The standard InChI is InChI=1S/C10H17N3OS/c1-2-15-9-4-3-8(5-9)13-7-11-12-10(13)6-14/h7-9,14H,2-6H2,1H3. The van der Waals surface area contributed by atoms with Gasteiger partial charge in [-0.15, -0.1) is 10.2 Å². The van der Waals surface area contributed by atoms with Crippen molar-refractivity contribution in [1.29, 1.82) is 0 Å². The van der Waals surface area contributed by atoms with Crippen LogP contribution in [0.1, 0.15) is 38.1 Å². The molecular weight excluding hydrogens is 210 g/mol. The summed E-state index contributed by atoms with van der Waals surface area (Å²) in [6, 6.07) is 0.492. The minimum absolute atomic E-state index is 0.0118. The van der Waals surface area contributed by atoms with E-state index in [-0.39, 0.29) is 6.61 Å². The summed E-state index contributed by atoms with van der Waals surface area (Å²) >= 11 is 2.04. The summed E-state index contributed by atoms with van der Waals surface area (Å²) in [5.74, 6) is 1.88. The summed E-state index contributed by atoms with van der Waals surface area (Å²) in [6.45, 7) is 2.19. The minimum atomic E-state index is -0.0118. The molecule has 0 bridgehead atoms. The number of aliphatic hydroxyl groups is 1. The molecule has 1 fully saturated rings. The van der Waals surface area contributed by atoms with Crippen molar-refractivity contribution in [2.45, 2.75) is 44.1 Å². The van der Waals surface area contributed by atoms with Crippen LogP contribution in [-0.4, -0.2) is 30.9 Å². The lowest BCUT2D eigenvalue weighted by atomic mass is 10.2. The lowest BCUT2D eigenvalue weighted by Crippen LogP contribution is -2.09. The molecule has 0 amide bonds. The largest absolute Gasteiger partial charge is 0.388 e. The molecule has 1 aliphatic carbocycles. The molecule has 0 spiro atoms. The van der Waals surface area contributed by atoms with Crippen LogP contribution in [0.5, 0.6) is 0 Å². The predicted molar refractivity (Wildman–Crippen MR) is 60.8 cm³/mol. The smallest absolute Gasteiger partial charge is 0.158 e. The lowest BCUT2D eigenvalue weighted by molar-refractivity contribution is 0.260. The fourth-order valence-electron chi connectivity index (χ4n) is 2.24. The minimum Gasteiger partial charge on any atom is -0.388 e. The summed E-state index contributed by atoms with van der Waals surface area (Å²) < 4.78 is 2.04. The molecule has 1 aliphatic rings. The Balaban J connectivity index is 2.01. The molecule has 4 nitrogen and oxygen atoms in total. The van der Waals surface area contributed by atoms with Gasteiger partial charge in [0.2, 0.25) is 0 Å². The average Bonchev–Trinajstić information content (AvgIpc) is 2.84. The third kappa shape index (κ3) is 2.34. The normalized spacial score (nSPS) is 26.0. The topological polar surface area (TPSA) is 50.9 Å². The molecule has 1 saturated carbocycles. The molecule has 0 aliphatic heterocycles. The summed E-state index contributed by atoms with van der Waals surface area (Å²) in [6.07, 6.45) is 5.38. The Labute approximate surface area is 94.1 Å². The van der Waals surface area contributed by atoms with Crippen molar-refractivity contribution in [3.8, 4) is 0 Å². The molecule has 1 N–H and O–H groups in total. The van der Waals surface area contributed by atoms with E-state index < -0.39 is 0 Å². The highest BCUT2D eigenvalue weighted by Gasteiger charge is 2.27. The monoisotopic (exact) mass is 227 g/mol. The van der Waals surface area contributed by atoms with Crippen LogP contribution in [0.25, 0.3) is 0 Å². The zero-order valence-corrected chi connectivity index (χ0v) is 9.78. The third-order valence-electron chi connectivity index (χ3n) is 2.94. The maximum absolute atomic E-state index is 9.11. The number of hydrogen-bond acceptors (Lipinski definition) is 4. The van der Waals surface area contributed by atoms with Gasteiger partial charge in [-0.1, -0.05) is 6.92 Å². The van der Waals surface area contributed by atoms with E-state index in [1.807, 2.05) is 16.3 Å². The molecule has 0 saturated heterocycles. The molecule has 0 aromatic carbocycles. The molecule has 2 atom stereocenters. The van der Waals surface area contributed by atoms with E-state index in [0.717, 1.165) is 5.25 Å². The second kappa shape index (κ2) is 4.99. The number of aromatic nitrogens is 3. The van der Waals surface area contributed by atoms with E-state index in [4.69, 9.17) is 5.11 Å². The fraction of sp³-hybridized carbons (Fsp3) is 0.800. The van der Waals surface area contributed by atoms with Crippen molar-refractivity contribution < 1.29 is 5.11 Å². The van der Waals surface area contributed by atoms with Gasteiger partial charge in [-0.3, -0.25) is 0 Å². The van der Waals surface area contributed by atoms with Crippen LogP contribution >= 0.6 is 11.8 Å². The quantitative estimate of drug-likeness (QED) is 0.849. The van der Waals surface area contributed by atoms with Gasteiger partial charge in [-0.2, -0.15) is 11.8 Å². The van der Waals surface area contributed by atoms with E-state index in [0.29, 0.717) is 11.9 Å². The van der Waals surface area contributed by atoms with Crippen LogP contribution in [0.4, 0.5) is 0 Å². The Bertz CT molecular complexity index is 315. The Morgan fingerprint density at radius 1 is 1.60 bits per heavy atom. The number of thioether (sulfide) groups is 1. The van der Waals surface area contributed by atoms with Gasteiger partial charge in [0, 0.05) is 11.3 Å². The van der Waals surface area contributed by atoms with Gasteiger partial charge >= 0.3 is 0 Å². The van der Waals surface area contributed by atoms with Crippen molar-refractivity contribution in [1.82, 2.24) is 14.8 Å². The number of aliphatic hydroxyl groups excluding tert-OH is 1. The molecule has 1 aromatic heterocycles. The highest BCUT2D eigenvalue weighted by atomic mass is 32.2. The van der Waals surface area contributed by atoms with Gasteiger partial charge in [0.15, 0.2) is 5.82 Å². The molecule has 1 heterocycles. The summed E-state index contributed by atoms with van der Waals surface area (Å²) in [5.41, 5.74) is 0. The predicted octanol–water partition coefficient (Wildman–Crippen LogP) is 1.62. The van der Waals surface area contributed by atoms with Gasteiger partial charge in [0.25, 0.3) is 0 Å². The van der Waals surface area contributed by atoms with Gasteiger partial charge in [0.1, 0.15) is 12.9 Å². The molecule has 1 aromatic rings. The maximum Gasteiger partial charge on any atom is 0.158 e. The van der Waals surface area contributed by atoms with E-state index in [1.165, 1.54) is 25.0 Å². The first-order valence-electron chi connectivity index (χ1n) is 5.46. The molecule has 15 heavy (non-hydrogen) atoms. The first kappa shape index (κ1) is 11.0. The van der Waals surface area contributed by atoms with E-state index in [9.17, 15) is 0 Å². The van der Waals surface area contributed by atoms with Crippen LogP contribution in [0, 0.1) is 0 Å². The van der Waals surface area contributed by atoms with Crippen molar-refractivity contribution in [3.05, 3.63) is 12.2 Å². The summed E-state index contributed by atoms with van der Waals surface area (Å²) in [7, 11) is 0. The molecule has 2 unspecified atom stereocenters. The summed E-state index contributed by atoms with van der Waals surface area (Å²) in [4.78, 5) is 0.